The minimum atomic E-state index is -1.18. The number of halogens is 2. The molecular weight excluding hydrogens is 390 g/mol. The molecule has 30 heavy (non-hydrogen) atoms. The van der Waals surface area contributed by atoms with E-state index in [9.17, 15) is 18.4 Å². The van der Waals surface area contributed by atoms with E-state index >= 15 is 0 Å². The lowest BCUT2D eigenvalue weighted by atomic mass is 10.0. The number of carbonyl (C=O) groups excluding carboxylic acids is 2. The van der Waals surface area contributed by atoms with Gasteiger partial charge in [-0.3, -0.25) is 14.5 Å². The summed E-state index contributed by atoms with van der Waals surface area (Å²) in [6.45, 7) is 0.0622. The zero-order valence-electron chi connectivity index (χ0n) is 15.6. The number of nitrogens with zero attached hydrogens (tertiary/aromatic N) is 1. The third-order valence-electron chi connectivity index (χ3n) is 4.71. The number of imide groups is 1. The van der Waals surface area contributed by atoms with Crippen LogP contribution in [0.3, 0.4) is 0 Å². The molecule has 2 amide bonds. The standard InChI is InChI=1S/C23H16F2N2O3/c24-18-10-17(11-19(25)22(18)29)26-20-12-21(28)27(23(20)30)13-14-6-8-16(9-7-14)15-4-2-1-3-5-15/h1-12,26,29H,13H2. The van der Waals surface area contributed by atoms with Crippen LogP contribution >= 0.6 is 0 Å². The number of anilines is 1. The normalized spacial score (nSPS) is 13.5. The summed E-state index contributed by atoms with van der Waals surface area (Å²) >= 11 is 0. The molecule has 3 aromatic carbocycles. The van der Waals surface area contributed by atoms with Gasteiger partial charge in [0.2, 0.25) is 0 Å². The van der Waals surface area contributed by atoms with Crippen LogP contribution in [0.4, 0.5) is 14.5 Å². The van der Waals surface area contributed by atoms with Gasteiger partial charge in [0, 0.05) is 23.9 Å². The van der Waals surface area contributed by atoms with Gasteiger partial charge in [-0.05, 0) is 16.7 Å². The van der Waals surface area contributed by atoms with Crippen molar-refractivity contribution < 1.29 is 23.5 Å². The third kappa shape index (κ3) is 3.77. The van der Waals surface area contributed by atoms with Gasteiger partial charge in [0.15, 0.2) is 17.4 Å². The van der Waals surface area contributed by atoms with Gasteiger partial charge in [-0.15, -0.1) is 0 Å². The molecule has 3 aromatic rings. The van der Waals surface area contributed by atoms with Crippen LogP contribution in [0.2, 0.25) is 0 Å². The molecule has 0 spiro atoms. The lowest BCUT2D eigenvalue weighted by molar-refractivity contribution is -0.137. The third-order valence-corrected chi connectivity index (χ3v) is 4.71. The molecule has 0 aromatic heterocycles. The first kappa shape index (κ1) is 19.3. The Morgan fingerprint density at radius 1 is 0.867 bits per heavy atom. The molecule has 2 N–H and O–H groups in total. The number of benzene rings is 3. The molecule has 5 nitrogen and oxygen atoms in total. The van der Waals surface area contributed by atoms with Crippen LogP contribution < -0.4 is 5.32 Å². The minimum Gasteiger partial charge on any atom is -0.503 e. The first-order chi connectivity index (χ1) is 14.4. The average molecular weight is 406 g/mol. The fraction of sp³-hybridized carbons (Fsp3) is 0.0435. The SMILES string of the molecule is O=C1C=C(Nc2cc(F)c(O)c(F)c2)C(=O)N1Cc1ccc(-c2ccccc2)cc1. The molecule has 0 unspecified atom stereocenters. The quantitative estimate of drug-likeness (QED) is 0.492. The predicted molar refractivity (Wildman–Crippen MR) is 107 cm³/mol. The Balaban J connectivity index is 1.47. The molecule has 0 radical (unpaired) electrons. The van der Waals surface area contributed by atoms with Crippen LogP contribution in [-0.4, -0.2) is 21.8 Å². The van der Waals surface area contributed by atoms with Crippen LogP contribution in [0.15, 0.2) is 78.5 Å². The van der Waals surface area contributed by atoms with Gasteiger partial charge in [0.1, 0.15) is 5.70 Å². The summed E-state index contributed by atoms with van der Waals surface area (Å²) in [5.74, 6) is -4.60. The van der Waals surface area contributed by atoms with Gasteiger partial charge in [0.25, 0.3) is 11.8 Å². The lowest BCUT2D eigenvalue weighted by Crippen LogP contribution is -2.31. The maximum absolute atomic E-state index is 13.5. The highest BCUT2D eigenvalue weighted by Gasteiger charge is 2.31. The highest BCUT2D eigenvalue weighted by molar-refractivity contribution is 6.17. The highest BCUT2D eigenvalue weighted by Crippen LogP contribution is 2.27. The van der Waals surface area contributed by atoms with Gasteiger partial charge in [-0.2, -0.15) is 0 Å². The zero-order chi connectivity index (χ0) is 21.3. The van der Waals surface area contributed by atoms with E-state index < -0.39 is 29.2 Å². The summed E-state index contributed by atoms with van der Waals surface area (Å²) in [5, 5.41) is 11.7. The van der Waals surface area contributed by atoms with E-state index in [-0.39, 0.29) is 17.9 Å². The van der Waals surface area contributed by atoms with Crippen LogP contribution in [0, 0.1) is 11.6 Å². The van der Waals surface area contributed by atoms with Crippen LogP contribution in [0.1, 0.15) is 5.56 Å². The van der Waals surface area contributed by atoms with Crippen molar-refractivity contribution >= 4 is 17.5 Å². The Morgan fingerprint density at radius 3 is 2.10 bits per heavy atom. The summed E-state index contributed by atoms with van der Waals surface area (Å²) in [6, 6.07) is 18.9. The summed E-state index contributed by atoms with van der Waals surface area (Å²) in [6.07, 6.45) is 1.07. The van der Waals surface area contributed by atoms with E-state index in [0.29, 0.717) is 0 Å². The number of phenols is 1. The Labute approximate surface area is 170 Å². The van der Waals surface area contributed by atoms with Crippen molar-refractivity contribution in [1.82, 2.24) is 4.90 Å². The molecule has 1 aliphatic heterocycles. The van der Waals surface area contributed by atoms with Crippen molar-refractivity contribution in [3.8, 4) is 16.9 Å². The summed E-state index contributed by atoms with van der Waals surface area (Å²) in [7, 11) is 0. The number of aromatic hydroxyl groups is 1. The van der Waals surface area contributed by atoms with E-state index in [4.69, 9.17) is 5.11 Å². The van der Waals surface area contributed by atoms with Gasteiger partial charge < -0.3 is 10.4 Å². The molecule has 0 aliphatic carbocycles. The lowest BCUT2D eigenvalue weighted by Gasteiger charge is -2.16. The fourth-order valence-corrected chi connectivity index (χ4v) is 3.16. The first-order valence-corrected chi connectivity index (χ1v) is 9.09. The molecule has 7 heteroatoms. The van der Waals surface area contributed by atoms with Crippen molar-refractivity contribution in [2.45, 2.75) is 6.54 Å². The van der Waals surface area contributed by atoms with E-state index in [1.165, 1.54) is 0 Å². The van der Waals surface area contributed by atoms with E-state index in [0.717, 1.165) is 39.8 Å². The van der Waals surface area contributed by atoms with E-state index in [2.05, 4.69) is 5.32 Å². The number of amides is 2. The number of rotatable bonds is 5. The van der Waals surface area contributed by atoms with Crippen molar-refractivity contribution in [3.63, 3.8) is 0 Å². The van der Waals surface area contributed by atoms with Crippen molar-refractivity contribution in [2.75, 3.05) is 5.32 Å². The zero-order valence-corrected chi connectivity index (χ0v) is 15.6. The summed E-state index contributed by atoms with van der Waals surface area (Å²) in [5.41, 5.74) is 2.62. The van der Waals surface area contributed by atoms with E-state index in [1.54, 1.807) is 0 Å². The maximum atomic E-state index is 13.5. The van der Waals surface area contributed by atoms with Crippen LogP contribution in [0.25, 0.3) is 11.1 Å². The van der Waals surface area contributed by atoms with Gasteiger partial charge >= 0.3 is 0 Å². The number of nitrogens with one attached hydrogen (secondary N) is 1. The molecule has 0 fully saturated rings. The molecule has 0 saturated heterocycles. The predicted octanol–water partition coefficient (Wildman–Crippen LogP) is 4.20. The Bertz CT molecular complexity index is 1140. The monoisotopic (exact) mass is 406 g/mol. The second-order valence-electron chi connectivity index (χ2n) is 6.76. The van der Waals surface area contributed by atoms with Crippen molar-refractivity contribution in [1.29, 1.82) is 0 Å². The van der Waals surface area contributed by atoms with Gasteiger partial charge in [-0.1, -0.05) is 54.6 Å². The number of carbonyl (C=O) groups is 2. The van der Waals surface area contributed by atoms with Crippen molar-refractivity contribution in [3.05, 3.63) is 95.7 Å². The summed E-state index contributed by atoms with van der Waals surface area (Å²) in [4.78, 5) is 25.9. The number of hydrogen-bond donors (Lipinski definition) is 2. The molecular formula is C23H16F2N2O3. The fourth-order valence-electron chi connectivity index (χ4n) is 3.16. The molecule has 0 bridgehead atoms. The van der Waals surface area contributed by atoms with Gasteiger partial charge in [0.05, 0.1) is 6.54 Å². The molecule has 1 heterocycles. The smallest absolute Gasteiger partial charge is 0.277 e. The van der Waals surface area contributed by atoms with E-state index in [1.807, 2.05) is 54.6 Å². The topological polar surface area (TPSA) is 69.6 Å². The minimum absolute atomic E-state index is 0.0622. The molecule has 4 rings (SSSR count). The second-order valence-corrected chi connectivity index (χ2v) is 6.76. The Morgan fingerprint density at radius 2 is 1.47 bits per heavy atom. The molecule has 0 saturated carbocycles. The molecule has 0 atom stereocenters. The number of phenolic OH excluding ortho intramolecular Hbond substituents is 1. The second kappa shape index (κ2) is 7.79. The molecule has 1 aliphatic rings. The first-order valence-electron chi connectivity index (χ1n) is 9.09. The maximum Gasteiger partial charge on any atom is 0.277 e. The Hall–Kier alpha value is -4.00. The average Bonchev–Trinajstić information content (AvgIpc) is 3.00. The van der Waals surface area contributed by atoms with Crippen molar-refractivity contribution in [2.24, 2.45) is 0 Å². The number of hydrogen-bond acceptors (Lipinski definition) is 4. The van der Waals surface area contributed by atoms with Crippen LogP contribution in [-0.2, 0) is 16.1 Å². The highest BCUT2D eigenvalue weighted by atomic mass is 19.1. The van der Waals surface area contributed by atoms with Gasteiger partial charge in [-0.25, -0.2) is 8.78 Å². The summed E-state index contributed by atoms with van der Waals surface area (Å²) < 4.78 is 27.0. The Kier molecular flexibility index (Phi) is 5.02. The largest absolute Gasteiger partial charge is 0.503 e. The molecule has 150 valence electrons. The van der Waals surface area contributed by atoms with Crippen LogP contribution in [0.5, 0.6) is 5.75 Å².